The number of hydrogen-bond donors (Lipinski definition) is 0. The van der Waals surface area contributed by atoms with E-state index in [1.807, 2.05) is 18.3 Å². The maximum Gasteiger partial charge on any atom is 0.120 e. The van der Waals surface area contributed by atoms with Gasteiger partial charge in [0.25, 0.3) is 0 Å². The third kappa shape index (κ3) is 4.25. The van der Waals surface area contributed by atoms with Crippen molar-refractivity contribution in [1.29, 1.82) is 0 Å². The Morgan fingerprint density at radius 2 is 2.00 bits per heavy atom. The number of rotatable bonds is 6. The minimum atomic E-state index is 0.325. The molecule has 2 aromatic rings. The molecular formula is C22H28N2O2. The van der Waals surface area contributed by atoms with Crippen LogP contribution >= 0.6 is 0 Å². The molecule has 0 radical (unpaired) electrons. The second-order valence-corrected chi connectivity index (χ2v) is 7.58. The van der Waals surface area contributed by atoms with Crippen molar-refractivity contribution in [3.63, 3.8) is 0 Å². The van der Waals surface area contributed by atoms with Crippen molar-refractivity contribution in [3.05, 3.63) is 59.4 Å². The number of piperidine rings is 1. The van der Waals surface area contributed by atoms with Gasteiger partial charge in [0, 0.05) is 38.6 Å². The minimum Gasteiger partial charge on any atom is -0.490 e. The summed E-state index contributed by atoms with van der Waals surface area (Å²) in [6, 6.07) is 12.6. The maximum atomic E-state index is 6.22. The van der Waals surface area contributed by atoms with Gasteiger partial charge in [0.2, 0.25) is 0 Å². The van der Waals surface area contributed by atoms with Crippen LogP contribution in [0.5, 0.6) is 5.75 Å². The average Bonchev–Trinajstić information content (AvgIpc) is 3.06. The predicted molar refractivity (Wildman–Crippen MR) is 102 cm³/mol. The lowest BCUT2D eigenvalue weighted by Crippen LogP contribution is -2.40. The van der Waals surface area contributed by atoms with E-state index in [0.29, 0.717) is 12.7 Å². The zero-order valence-corrected chi connectivity index (χ0v) is 15.6. The van der Waals surface area contributed by atoms with Crippen LogP contribution in [-0.4, -0.2) is 42.7 Å². The van der Waals surface area contributed by atoms with Crippen LogP contribution in [-0.2, 0) is 24.2 Å². The first kappa shape index (κ1) is 17.5. The first-order chi connectivity index (χ1) is 12.8. The Labute approximate surface area is 156 Å². The summed E-state index contributed by atoms with van der Waals surface area (Å²) >= 11 is 0. The highest BCUT2D eigenvalue weighted by Crippen LogP contribution is 2.27. The van der Waals surface area contributed by atoms with Crippen molar-refractivity contribution < 1.29 is 9.47 Å². The predicted octanol–water partition coefficient (Wildman–Crippen LogP) is 3.49. The van der Waals surface area contributed by atoms with E-state index in [2.05, 4.69) is 34.1 Å². The van der Waals surface area contributed by atoms with E-state index in [9.17, 15) is 0 Å². The summed E-state index contributed by atoms with van der Waals surface area (Å²) in [6.45, 7) is 4.08. The van der Waals surface area contributed by atoms with E-state index in [1.54, 1.807) is 7.11 Å². The second kappa shape index (κ2) is 8.19. The molecule has 1 unspecified atom stereocenters. The quantitative estimate of drug-likeness (QED) is 0.797. The van der Waals surface area contributed by atoms with E-state index in [-0.39, 0.29) is 0 Å². The van der Waals surface area contributed by atoms with Crippen molar-refractivity contribution in [1.82, 2.24) is 9.88 Å². The lowest BCUT2D eigenvalue weighted by molar-refractivity contribution is 0.0916. The molecule has 4 rings (SSSR count). The van der Waals surface area contributed by atoms with Gasteiger partial charge in [-0.2, -0.15) is 0 Å². The zero-order valence-electron chi connectivity index (χ0n) is 15.6. The van der Waals surface area contributed by atoms with E-state index in [4.69, 9.17) is 9.47 Å². The van der Waals surface area contributed by atoms with E-state index in [0.717, 1.165) is 49.6 Å². The van der Waals surface area contributed by atoms with Gasteiger partial charge in [0.05, 0.1) is 6.61 Å². The molecule has 0 amide bonds. The fourth-order valence-electron chi connectivity index (χ4n) is 4.27. The van der Waals surface area contributed by atoms with Gasteiger partial charge >= 0.3 is 0 Å². The number of ether oxygens (including phenoxy) is 2. The molecule has 1 aliphatic heterocycles. The van der Waals surface area contributed by atoms with Crippen molar-refractivity contribution in [3.8, 4) is 5.75 Å². The normalized spacial score (nSPS) is 20.9. The van der Waals surface area contributed by atoms with Crippen molar-refractivity contribution in [2.75, 3.05) is 26.7 Å². The fraction of sp³-hybridized carbons (Fsp3) is 0.500. The van der Waals surface area contributed by atoms with Gasteiger partial charge in [0.15, 0.2) is 0 Å². The van der Waals surface area contributed by atoms with Crippen LogP contribution in [0, 0.1) is 5.92 Å². The molecule has 0 saturated carbocycles. The first-order valence-corrected chi connectivity index (χ1v) is 9.70. The second-order valence-electron chi connectivity index (χ2n) is 7.58. The van der Waals surface area contributed by atoms with Gasteiger partial charge < -0.3 is 14.4 Å². The highest BCUT2D eigenvalue weighted by Gasteiger charge is 2.27. The molecule has 4 heteroatoms. The molecule has 4 nitrogen and oxygen atoms in total. The van der Waals surface area contributed by atoms with Gasteiger partial charge in [-0.05, 0) is 60.9 Å². The minimum absolute atomic E-state index is 0.325. The van der Waals surface area contributed by atoms with Crippen LogP contribution in [0.1, 0.15) is 29.7 Å². The van der Waals surface area contributed by atoms with Crippen molar-refractivity contribution >= 4 is 0 Å². The molecule has 1 aliphatic carbocycles. The number of hydrogen-bond acceptors (Lipinski definition) is 4. The van der Waals surface area contributed by atoms with Crippen LogP contribution in [0.25, 0.3) is 0 Å². The van der Waals surface area contributed by atoms with Gasteiger partial charge in [-0.15, -0.1) is 0 Å². The Morgan fingerprint density at radius 1 is 1.12 bits per heavy atom. The number of methoxy groups -OCH3 is 1. The molecule has 1 aromatic carbocycles. The number of benzene rings is 1. The first-order valence-electron chi connectivity index (χ1n) is 9.70. The number of nitrogens with zero attached hydrogens (tertiary/aromatic N) is 2. The summed E-state index contributed by atoms with van der Waals surface area (Å²) in [6.07, 6.45) is 6.78. The SMILES string of the molecule is COCc1cccc(OC2CCN(CC3Cc4cccnc4C3)CC2)c1. The summed E-state index contributed by atoms with van der Waals surface area (Å²) < 4.78 is 11.4. The molecule has 26 heavy (non-hydrogen) atoms. The third-order valence-electron chi connectivity index (χ3n) is 5.54. The number of pyridine rings is 1. The summed E-state index contributed by atoms with van der Waals surface area (Å²) in [5, 5.41) is 0. The van der Waals surface area contributed by atoms with E-state index < -0.39 is 0 Å². The Hall–Kier alpha value is -1.91. The molecule has 1 saturated heterocycles. The Morgan fingerprint density at radius 3 is 2.81 bits per heavy atom. The summed E-state index contributed by atoms with van der Waals surface area (Å²) in [5.74, 6) is 1.69. The smallest absolute Gasteiger partial charge is 0.120 e. The van der Waals surface area contributed by atoms with Crippen LogP contribution in [0.15, 0.2) is 42.6 Å². The summed E-state index contributed by atoms with van der Waals surface area (Å²) in [7, 11) is 1.72. The van der Waals surface area contributed by atoms with Gasteiger partial charge in [-0.25, -0.2) is 0 Å². The maximum absolute atomic E-state index is 6.22. The molecule has 1 atom stereocenters. The number of aromatic nitrogens is 1. The molecule has 0 N–H and O–H groups in total. The lowest BCUT2D eigenvalue weighted by atomic mass is 10.0. The van der Waals surface area contributed by atoms with Crippen molar-refractivity contribution in [2.45, 2.75) is 38.4 Å². The molecule has 2 aliphatic rings. The summed E-state index contributed by atoms with van der Waals surface area (Å²) in [4.78, 5) is 7.14. The monoisotopic (exact) mass is 352 g/mol. The van der Waals surface area contributed by atoms with Crippen LogP contribution < -0.4 is 4.74 Å². The highest BCUT2D eigenvalue weighted by atomic mass is 16.5. The topological polar surface area (TPSA) is 34.6 Å². The Balaban J connectivity index is 1.24. The van der Waals surface area contributed by atoms with Crippen LogP contribution in [0.3, 0.4) is 0 Å². The largest absolute Gasteiger partial charge is 0.490 e. The molecule has 138 valence electrons. The molecule has 1 fully saturated rings. The fourth-order valence-corrected chi connectivity index (χ4v) is 4.27. The molecule has 0 bridgehead atoms. The van der Waals surface area contributed by atoms with Crippen LogP contribution in [0.2, 0.25) is 0 Å². The highest BCUT2D eigenvalue weighted by molar-refractivity contribution is 5.28. The Kier molecular flexibility index (Phi) is 5.51. The van der Waals surface area contributed by atoms with Crippen molar-refractivity contribution in [2.24, 2.45) is 5.92 Å². The van der Waals surface area contributed by atoms with E-state index in [1.165, 1.54) is 24.2 Å². The van der Waals surface area contributed by atoms with Gasteiger partial charge in [-0.1, -0.05) is 18.2 Å². The van der Waals surface area contributed by atoms with Gasteiger partial charge in [0.1, 0.15) is 11.9 Å². The van der Waals surface area contributed by atoms with E-state index >= 15 is 0 Å². The zero-order chi connectivity index (χ0) is 17.8. The lowest BCUT2D eigenvalue weighted by Gasteiger charge is -2.33. The molecule has 0 spiro atoms. The Bertz CT molecular complexity index is 701. The third-order valence-corrected chi connectivity index (χ3v) is 5.54. The van der Waals surface area contributed by atoms with Gasteiger partial charge in [-0.3, -0.25) is 4.98 Å². The molecule has 1 aromatic heterocycles. The molecular weight excluding hydrogens is 324 g/mol. The number of likely N-dealkylation sites (tertiary alicyclic amines) is 1. The average molecular weight is 352 g/mol. The summed E-state index contributed by atoms with van der Waals surface area (Å²) in [5.41, 5.74) is 3.93. The number of fused-ring (bicyclic) bond motifs is 1. The standard InChI is InChI=1S/C22H28N2O2/c1-25-16-17-4-2-6-21(13-17)26-20-7-10-24(11-8-20)15-18-12-19-5-3-9-23-22(19)14-18/h2-6,9,13,18,20H,7-8,10-12,14-16H2,1H3. The van der Waals surface area contributed by atoms with Crippen LogP contribution in [0.4, 0.5) is 0 Å². The molecule has 2 heterocycles.